The molecule has 0 aliphatic heterocycles. The molecule has 5 nitrogen and oxygen atoms in total. The summed E-state index contributed by atoms with van der Waals surface area (Å²) < 4.78 is 33.6. The van der Waals surface area contributed by atoms with Gasteiger partial charge < -0.3 is 5.43 Å². The second-order valence-corrected chi connectivity index (χ2v) is 7.31. The van der Waals surface area contributed by atoms with Gasteiger partial charge in [0.15, 0.2) is 0 Å². The van der Waals surface area contributed by atoms with E-state index in [4.69, 9.17) is 0 Å². The molecule has 0 aliphatic rings. The molecule has 0 bridgehead atoms. The van der Waals surface area contributed by atoms with Crippen LogP contribution in [0.2, 0.25) is 0 Å². The van der Waals surface area contributed by atoms with Gasteiger partial charge in [0, 0.05) is 5.39 Å². The first-order valence-electron chi connectivity index (χ1n) is 8.02. The lowest BCUT2D eigenvalue weighted by Gasteiger charge is -2.15. The van der Waals surface area contributed by atoms with Crippen LogP contribution in [0.15, 0.2) is 83.8 Å². The topological polar surface area (TPSA) is 78.4 Å². The molecule has 0 radical (unpaired) electrons. The molecule has 0 unspecified atom stereocenters. The average molecular weight is 364 g/mol. The first-order chi connectivity index (χ1) is 12.5. The predicted molar refractivity (Wildman–Crippen MR) is 105 cm³/mol. The lowest BCUT2D eigenvalue weighted by Crippen LogP contribution is -2.13. The summed E-state index contributed by atoms with van der Waals surface area (Å²) in [4.78, 5) is -0.149. The molecule has 0 saturated carbocycles. The molecule has 3 N–H and O–H groups in total. The lowest BCUT2D eigenvalue weighted by atomic mass is 10.1. The highest BCUT2D eigenvalue weighted by molar-refractivity contribution is 7.86. The van der Waals surface area contributed by atoms with Crippen LogP contribution in [0.1, 0.15) is 0 Å². The third-order valence-electron chi connectivity index (χ3n) is 4.23. The predicted octanol–water partition coefficient (Wildman–Crippen LogP) is 4.68. The summed E-state index contributed by atoms with van der Waals surface area (Å²) >= 11 is 0. The molecule has 0 amide bonds. The number of hydrazine groups is 1. The maximum absolute atomic E-state index is 11.9. The van der Waals surface area contributed by atoms with E-state index in [0.717, 1.165) is 21.8 Å². The summed E-state index contributed by atoms with van der Waals surface area (Å²) in [5, 5.41) is 3.37. The minimum atomic E-state index is -4.40. The fourth-order valence-corrected chi connectivity index (χ4v) is 3.89. The molecule has 26 heavy (non-hydrogen) atoms. The Morgan fingerprint density at radius 2 is 1.35 bits per heavy atom. The van der Waals surface area contributed by atoms with E-state index in [0.29, 0.717) is 5.39 Å². The summed E-state index contributed by atoms with van der Waals surface area (Å²) in [5.41, 5.74) is 6.96. The Morgan fingerprint density at radius 1 is 0.692 bits per heavy atom. The fraction of sp³-hybridized carbons (Fsp3) is 0. The van der Waals surface area contributed by atoms with Crippen molar-refractivity contribution in [1.29, 1.82) is 0 Å². The molecule has 0 spiro atoms. The van der Waals surface area contributed by atoms with Crippen LogP contribution in [0.25, 0.3) is 21.5 Å². The van der Waals surface area contributed by atoms with E-state index < -0.39 is 10.1 Å². The highest BCUT2D eigenvalue weighted by atomic mass is 32.2. The zero-order valence-corrected chi connectivity index (χ0v) is 14.5. The first-order valence-corrected chi connectivity index (χ1v) is 9.46. The Hall–Kier alpha value is -3.09. The normalized spacial score (nSPS) is 11.6. The van der Waals surface area contributed by atoms with E-state index >= 15 is 0 Å². The van der Waals surface area contributed by atoms with Crippen molar-refractivity contribution in [2.45, 2.75) is 4.90 Å². The van der Waals surface area contributed by atoms with Crippen LogP contribution >= 0.6 is 0 Å². The van der Waals surface area contributed by atoms with Crippen molar-refractivity contribution >= 4 is 43.0 Å². The number of rotatable bonds is 4. The quantitative estimate of drug-likeness (QED) is 0.362. The molecule has 4 rings (SSSR count). The van der Waals surface area contributed by atoms with Gasteiger partial charge in [0.2, 0.25) is 0 Å². The van der Waals surface area contributed by atoms with Crippen molar-refractivity contribution < 1.29 is 13.0 Å². The van der Waals surface area contributed by atoms with Crippen molar-refractivity contribution in [3.8, 4) is 0 Å². The number of benzene rings is 4. The first kappa shape index (κ1) is 16.4. The molecule has 0 fully saturated rings. The molecule has 130 valence electrons. The smallest absolute Gasteiger partial charge is 0.297 e. The third-order valence-corrected chi connectivity index (χ3v) is 5.18. The van der Waals surface area contributed by atoms with Gasteiger partial charge in [-0.1, -0.05) is 60.7 Å². The van der Waals surface area contributed by atoms with Gasteiger partial charge in [0.05, 0.1) is 11.4 Å². The highest BCUT2D eigenvalue weighted by Gasteiger charge is 2.19. The highest BCUT2D eigenvalue weighted by Crippen LogP contribution is 2.30. The van der Waals surface area contributed by atoms with Crippen LogP contribution in [0, 0.1) is 0 Å². The van der Waals surface area contributed by atoms with E-state index in [2.05, 4.69) is 10.9 Å². The largest absolute Gasteiger partial charge is 0.301 e. The summed E-state index contributed by atoms with van der Waals surface area (Å²) in [6, 6.07) is 24.2. The Labute approximate surface area is 151 Å². The maximum atomic E-state index is 11.9. The van der Waals surface area contributed by atoms with Crippen LogP contribution in [0.4, 0.5) is 11.4 Å². The Morgan fingerprint density at radius 3 is 2.12 bits per heavy atom. The fourth-order valence-electron chi connectivity index (χ4n) is 3.03. The van der Waals surface area contributed by atoms with Gasteiger partial charge in [-0.15, -0.1) is 0 Å². The second kappa shape index (κ2) is 6.33. The van der Waals surface area contributed by atoms with Gasteiger partial charge in [-0.25, -0.2) is 0 Å². The van der Waals surface area contributed by atoms with Gasteiger partial charge in [-0.3, -0.25) is 9.98 Å². The minimum absolute atomic E-state index is 0.149. The summed E-state index contributed by atoms with van der Waals surface area (Å²) in [5.74, 6) is 0. The van der Waals surface area contributed by atoms with Crippen LogP contribution < -0.4 is 10.9 Å². The van der Waals surface area contributed by atoms with Crippen LogP contribution in [0.3, 0.4) is 0 Å². The standard InChI is InChI=1S/C20H16N2O3S/c23-26(24,25)20-18-8-4-3-6-15(18)10-12-19(20)22-21-17-11-9-14-5-1-2-7-16(14)13-17/h1-13,21-22H,(H,23,24,25). The number of fused-ring (bicyclic) bond motifs is 2. The SMILES string of the molecule is O=S(=O)(O)c1c(NNc2ccc3ccccc3c2)ccc2ccccc12. The van der Waals surface area contributed by atoms with Gasteiger partial charge in [-0.05, 0) is 34.4 Å². The van der Waals surface area contributed by atoms with E-state index in [1.165, 1.54) is 0 Å². The molecule has 0 saturated heterocycles. The maximum Gasteiger partial charge on any atom is 0.297 e. The molecular weight excluding hydrogens is 348 g/mol. The van der Waals surface area contributed by atoms with Gasteiger partial charge in [0.25, 0.3) is 10.1 Å². The van der Waals surface area contributed by atoms with Crippen LogP contribution in [-0.4, -0.2) is 13.0 Å². The van der Waals surface area contributed by atoms with Gasteiger partial charge in [-0.2, -0.15) is 8.42 Å². The monoisotopic (exact) mass is 364 g/mol. The molecule has 0 aromatic heterocycles. The van der Waals surface area contributed by atoms with E-state index in [1.54, 1.807) is 30.3 Å². The number of hydrogen-bond acceptors (Lipinski definition) is 4. The van der Waals surface area contributed by atoms with Crippen molar-refractivity contribution in [1.82, 2.24) is 0 Å². The van der Waals surface area contributed by atoms with Crippen molar-refractivity contribution in [2.75, 3.05) is 10.9 Å². The van der Waals surface area contributed by atoms with Gasteiger partial charge >= 0.3 is 0 Å². The number of hydrogen-bond donors (Lipinski definition) is 3. The van der Waals surface area contributed by atoms with Gasteiger partial charge in [0.1, 0.15) is 4.90 Å². The van der Waals surface area contributed by atoms with Crippen LogP contribution in [0.5, 0.6) is 0 Å². The number of nitrogens with one attached hydrogen (secondary N) is 2. The van der Waals surface area contributed by atoms with E-state index in [-0.39, 0.29) is 10.6 Å². The molecule has 4 aromatic rings. The number of anilines is 2. The molecular formula is C20H16N2O3S. The average Bonchev–Trinajstić information content (AvgIpc) is 2.64. The third kappa shape index (κ3) is 3.08. The molecule has 6 heteroatoms. The Kier molecular flexibility index (Phi) is 3.99. The molecule has 0 aliphatic carbocycles. The van der Waals surface area contributed by atoms with E-state index in [9.17, 15) is 13.0 Å². The molecule has 0 atom stereocenters. The zero-order valence-electron chi connectivity index (χ0n) is 13.7. The summed E-state index contributed by atoms with van der Waals surface area (Å²) in [7, 11) is -4.40. The zero-order chi connectivity index (χ0) is 18.1. The Bertz CT molecular complexity index is 1220. The minimum Gasteiger partial charge on any atom is -0.301 e. The summed E-state index contributed by atoms with van der Waals surface area (Å²) in [6.45, 7) is 0. The van der Waals surface area contributed by atoms with Crippen molar-refractivity contribution in [3.63, 3.8) is 0 Å². The molecule has 0 heterocycles. The van der Waals surface area contributed by atoms with Crippen molar-refractivity contribution in [2.24, 2.45) is 0 Å². The van der Waals surface area contributed by atoms with Crippen molar-refractivity contribution in [3.05, 3.63) is 78.9 Å². The lowest BCUT2D eigenvalue weighted by molar-refractivity contribution is 0.484. The van der Waals surface area contributed by atoms with E-state index in [1.807, 2.05) is 48.5 Å². The van der Waals surface area contributed by atoms with Crippen LogP contribution in [-0.2, 0) is 10.1 Å². The summed E-state index contributed by atoms with van der Waals surface area (Å²) in [6.07, 6.45) is 0. The Balaban J connectivity index is 1.72. The molecule has 4 aromatic carbocycles. The second-order valence-electron chi connectivity index (χ2n) is 5.95.